The first-order chi connectivity index (χ1) is 7.31. The standard InChI is InChI=1S/C11H9FN2O/c12-7-10(15)14-9-5-1-3-8-4-2-6-13-11(8)9/h1-6H,7H2,(H,14,15). The third-order valence-corrected chi connectivity index (χ3v) is 2.03. The van der Waals surface area contributed by atoms with Gasteiger partial charge < -0.3 is 5.32 Å². The Hall–Kier alpha value is -1.97. The maximum Gasteiger partial charge on any atom is 0.255 e. The second-order valence-corrected chi connectivity index (χ2v) is 3.06. The van der Waals surface area contributed by atoms with Crippen molar-refractivity contribution in [2.75, 3.05) is 12.0 Å². The van der Waals surface area contributed by atoms with Crippen LogP contribution in [0, 0.1) is 0 Å². The Kier molecular flexibility index (Phi) is 2.58. The van der Waals surface area contributed by atoms with Crippen LogP contribution in [0.5, 0.6) is 0 Å². The Balaban J connectivity index is 2.46. The van der Waals surface area contributed by atoms with Gasteiger partial charge in [0.05, 0.1) is 11.2 Å². The van der Waals surface area contributed by atoms with Crippen molar-refractivity contribution in [2.24, 2.45) is 0 Å². The van der Waals surface area contributed by atoms with Crippen LogP contribution in [0.15, 0.2) is 36.5 Å². The van der Waals surface area contributed by atoms with E-state index in [1.54, 1.807) is 18.3 Å². The molecule has 0 aliphatic rings. The molecular formula is C11H9FN2O. The highest BCUT2D eigenvalue weighted by Gasteiger charge is 2.04. The average molecular weight is 204 g/mol. The Morgan fingerprint density at radius 3 is 2.93 bits per heavy atom. The van der Waals surface area contributed by atoms with Crippen LogP contribution in [-0.2, 0) is 4.79 Å². The summed E-state index contributed by atoms with van der Waals surface area (Å²) in [6.45, 7) is -1.02. The summed E-state index contributed by atoms with van der Waals surface area (Å²) >= 11 is 0. The zero-order chi connectivity index (χ0) is 10.7. The number of benzene rings is 1. The van der Waals surface area contributed by atoms with E-state index in [0.717, 1.165) is 5.39 Å². The Labute approximate surface area is 85.9 Å². The minimum atomic E-state index is -1.02. The number of aromatic nitrogens is 1. The van der Waals surface area contributed by atoms with E-state index in [1.807, 2.05) is 18.2 Å². The maximum atomic E-state index is 12.0. The SMILES string of the molecule is O=C(CF)Nc1cccc2cccnc12. The number of pyridine rings is 1. The maximum absolute atomic E-state index is 12.0. The molecule has 1 amide bonds. The quantitative estimate of drug-likeness (QED) is 0.814. The molecule has 0 aliphatic heterocycles. The molecule has 0 fully saturated rings. The summed E-state index contributed by atoms with van der Waals surface area (Å²) in [6.07, 6.45) is 1.63. The molecule has 2 aromatic rings. The van der Waals surface area contributed by atoms with Gasteiger partial charge in [0.1, 0.15) is 0 Å². The van der Waals surface area contributed by atoms with Crippen molar-refractivity contribution in [3.05, 3.63) is 36.5 Å². The topological polar surface area (TPSA) is 42.0 Å². The molecule has 0 atom stereocenters. The molecule has 0 bridgehead atoms. The highest BCUT2D eigenvalue weighted by Crippen LogP contribution is 2.20. The summed E-state index contributed by atoms with van der Waals surface area (Å²) in [5.41, 5.74) is 1.21. The number of hydrogen-bond donors (Lipinski definition) is 1. The van der Waals surface area contributed by atoms with Crippen molar-refractivity contribution in [1.29, 1.82) is 0 Å². The van der Waals surface area contributed by atoms with Crippen molar-refractivity contribution in [3.63, 3.8) is 0 Å². The van der Waals surface area contributed by atoms with Crippen molar-refractivity contribution >= 4 is 22.5 Å². The number of rotatable bonds is 2. The van der Waals surface area contributed by atoms with Crippen LogP contribution in [0.2, 0.25) is 0 Å². The molecule has 1 N–H and O–H groups in total. The number of anilines is 1. The molecular weight excluding hydrogens is 195 g/mol. The smallest absolute Gasteiger partial charge is 0.255 e. The predicted octanol–water partition coefficient (Wildman–Crippen LogP) is 2.14. The van der Waals surface area contributed by atoms with Gasteiger partial charge in [-0.15, -0.1) is 0 Å². The van der Waals surface area contributed by atoms with Gasteiger partial charge in [0.25, 0.3) is 5.91 Å². The number of hydrogen-bond acceptors (Lipinski definition) is 2. The van der Waals surface area contributed by atoms with E-state index in [9.17, 15) is 9.18 Å². The van der Waals surface area contributed by atoms with E-state index >= 15 is 0 Å². The zero-order valence-corrected chi connectivity index (χ0v) is 7.90. The second kappa shape index (κ2) is 4.04. The molecule has 76 valence electrons. The second-order valence-electron chi connectivity index (χ2n) is 3.06. The summed E-state index contributed by atoms with van der Waals surface area (Å²) in [4.78, 5) is 15.0. The number of nitrogens with one attached hydrogen (secondary N) is 1. The van der Waals surface area contributed by atoms with Crippen molar-refractivity contribution < 1.29 is 9.18 Å². The first kappa shape index (κ1) is 9.58. The zero-order valence-electron chi connectivity index (χ0n) is 7.90. The molecule has 15 heavy (non-hydrogen) atoms. The van der Waals surface area contributed by atoms with E-state index in [0.29, 0.717) is 11.2 Å². The van der Waals surface area contributed by atoms with Crippen LogP contribution in [0.4, 0.5) is 10.1 Å². The van der Waals surface area contributed by atoms with Crippen LogP contribution in [0.1, 0.15) is 0 Å². The number of nitrogens with zero attached hydrogens (tertiary/aromatic N) is 1. The molecule has 2 rings (SSSR count). The van der Waals surface area contributed by atoms with Gasteiger partial charge in [0.15, 0.2) is 6.67 Å². The van der Waals surface area contributed by atoms with Gasteiger partial charge >= 0.3 is 0 Å². The minimum absolute atomic E-state index is 0.538. The number of amides is 1. The Morgan fingerprint density at radius 1 is 1.33 bits per heavy atom. The van der Waals surface area contributed by atoms with Crippen LogP contribution in [0.3, 0.4) is 0 Å². The number of carbonyl (C=O) groups is 1. The third-order valence-electron chi connectivity index (χ3n) is 2.03. The van der Waals surface area contributed by atoms with Crippen LogP contribution < -0.4 is 5.32 Å². The van der Waals surface area contributed by atoms with Gasteiger partial charge in [-0.1, -0.05) is 18.2 Å². The molecule has 1 heterocycles. The van der Waals surface area contributed by atoms with Crippen molar-refractivity contribution in [1.82, 2.24) is 4.98 Å². The fourth-order valence-electron chi connectivity index (χ4n) is 1.39. The average Bonchev–Trinajstić information content (AvgIpc) is 2.29. The summed E-state index contributed by atoms with van der Waals surface area (Å²) in [7, 11) is 0. The predicted molar refractivity (Wildman–Crippen MR) is 56.3 cm³/mol. The molecule has 0 spiro atoms. The minimum Gasteiger partial charge on any atom is -0.322 e. The monoisotopic (exact) mass is 204 g/mol. The van der Waals surface area contributed by atoms with Gasteiger partial charge in [-0.2, -0.15) is 0 Å². The first-order valence-corrected chi connectivity index (χ1v) is 4.51. The Morgan fingerprint density at radius 2 is 2.13 bits per heavy atom. The van der Waals surface area contributed by atoms with E-state index in [4.69, 9.17) is 0 Å². The van der Waals surface area contributed by atoms with E-state index in [2.05, 4.69) is 10.3 Å². The van der Waals surface area contributed by atoms with Crippen LogP contribution >= 0.6 is 0 Å². The summed E-state index contributed by atoms with van der Waals surface area (Å²) < 4.78 is 12.0. The highest BCUT2D eigenvalue weighted by atomic mass is 19.1. The van der Waals surface area contributed by atoms with Gasteiger partial charge in [-0.05, 0) is 12.1 Å². The molecule has 1 aromatic carbocycles. The molecule has 1 aromatic heterocycles. The van der Waals surface area contributed by atoms with Gasteiger partial charge in [0.2, 0.25) is 0 Å². The molecule has 3 nitrogen and oxygen atoms in total. The number of alkyl halides is 1. The molecule has 0 aliphatic carbocycles. The van der Waals surface area contributed by atoms with Crippen LogP contribution in [-0.4, -0.2) is 17.6 Å². The number of carbonyl (C=O) groups excluding carboxylic acids is 1. The number of halogens is 1. The van der Waals surface area contributed by atoms with Crippen molar-refractivity contribution in [2.45, 2.75) is 0 Å². The summed E-state index contributed by atoms with van der Waals surface area (Å²) in [5, 5.41) is 3.37. The molecule has 4 heteroatoms. The lowest BCUT2D eigenvalue weighted by atomic mass is 10.2. The molecule has 0 radical (unpaired) electrons. The lowest BCUT2D eigenvalue weighted by molar-refractivity contribution is -0.117. The molecule has 0 unspecified atom stereocenters. The van der Waals surface area contributed by atoms with Gasteiger partial charge in [0, 0.05) is 11.6 Å². The first-order valence-electron chi connectivity index (χ1n) is 4.51. The fraction of sp³-hybridized carbons (Fsp3) is 0.0909. The Bertz CT molecular complexity index is 493. The molecule has 0 saturated heterocycles. The van der Waals surface area contributed by atoms with E-state index in [1.165, 1.54) is 0 Å². The van der Waals surface area contributed by atoms with Crippen molar-refractivity contribution in [3.8, 4) is 0 Å². The summed E-state index contributed by atoms with van der Waals surface area (Å²) in [5.74, 6) is -0.659. The van der Waals surface area contributed by atoms with Crippen LogP contribution in [0.25, 0.3) is 10.9 Å². The summed E-state index contributed by atoms with van der Waals surface area (Å²) in [6, 6.07) is 9.06. The highest BCUT2D eigenvalue weighted by molar-refractivity contribution is 6.00. The third kappa shape index (κ3) is 1.93. The molecule has 0 saturated carbocycles. The van der Waals surface area contributed by atoms with Gasteiger partial charge in [-0.3, -0.25) is 9.78 Å². The largest absolute Gasteiger partial charge is 0.322 e. The fourth-order valence-corrected chi connectivity index (χ4v) is 1.39. The number of fused-ring (bicyclic) bond motifs is 1. The lowest BCUT2D eigenvalue weighted by Gasteiger charge is -2.05. The lowest BCUT2D eigenvalue weighted by Crippen LogP contribution is -2.13. The normalized spacial score (nSPS) is 10.2. The van der Waals surface area contributed by atoms with E-state index < -0.39 is 12.6 Å². The number of para-hydroxylation sites is 1. The van der Waals surface area contributed by atoms with Gasteiger partial charge in [-0.25, -0.2) is 4.39 Å². The van der Waals surface area contributed by atoms with E-state index in [-0.39, 0.29) is 0 Å².